The van der Waals surface area contributed by atoms with Crippen LogP contribution in [0.5, 0.6) is 0 Å². The number of rotatable bonds is 3. The van der Waals surface area contributed by atoms with Crippen molar-refractivity contribution in [3.05, 3.63) is 44.8 Å². The zero-order valence-corrected chi connectivity index (χ0v) is 9.67. The molecule has 0 amide bonds. The molecule has 0 saturated heterocycles. The average Bonchev–Trinajstić information content (AvgIpc) is 2.72. The molecule has 2 unspecified atom stereocenters. The van der Waals surface area contributed by atoms with E-state index in [0.717, 1.165) is 0 Å². The predicted octanol–water partition coefficient (Wildman–Crippen LogP) is -0.0550. The normalized spacial score (nSPS) is 23.2. The molecule has 1 aromatic rings. The largest absolute Gasteiger partial charge is 0.382 e. The van der Waals surface area contributed by atoms with E-state index in [1.54, 1.807) is 20.1 Å². The summed E-state index contributed by atoms with van der Waals surface area (Å²) in [6.45, 7) is 2.07. The third kappa shape index (κ3) is 2.37. The van der Waals surface area contributed by atoms with Gasteiger partial charge in [-0.1, -0.05) is 6.08 Å². The summed E-state index contributed by atoms with van der Waals surface area (Å²) in [7, 11) is 1.58. The van der Waals surface area contributed by atoms with Gasteiger partial charge in [-0.25, -0.2) is 4.79 Å². The number of ether oxygens (including phenoxy) is 2. The third-order valence-corrected chi connectivity index (χ3v) is 2.56. The first-order valence-corrected chi connectivity index (χ1v) is 5.26. The maximum Gasteiger partial charge on any atom is 0.330 e. The number of hydrogen-bond donors (Lipinski definition) is 1. The molecule has 2 atom stereocenters. The highest BCUT2D eigenvalue weighted by molar-refractivity contribution is 5.06. The van der Waals surface area contributed by atoms with E-state index in [4.69, 9.17) is 9.47 Å². The molecule has 2 rings (SSSR count). The molecule has 1 N–H and O–H groups in total. The molecular formula is C11H14N2O4. The molecule has 1 aliphatic rings. The number of aromatic nitrogens is 2. The van der Waals surface area contributed by atoms with Crippen LogP contribution >= 0.6 is 0 Å². The lowest BCUT2D eigenvalue weighted by atomic mass is 10.3. The van der Waals surface area contributed by atoms with Crippen LogP contribution in [0.1, 0.15) is 11.8 Å². The summed E-state index contributed by atoms with van der Waals surface area (Å²) in [5.41, 5.74) is -0.383. The molecular weight excluding hydrogens is 224 g/mol. The van der Waals surface area contributed by atoms with Crippen LogP contribution in [0.4, 0.5) is 0 Å². The zero-order chi connectivity index (χ0) is 12.4. The van der Waals surface area contributed by atoms with Crippen molar-refractivity contribution in [3.8, 4) is 0 Å². The quantitative estimate of drug-likeness (QED) is 0.749. The summed E-state index contributed by atoms with van der Waals surface area (Å²) in [4.78, 5) is 25.1. The summed E-state index contributed by atoms with van der Waals surface area (Å²) >= 11 is 0. The Morgan fingerprint density at radius 2 is 2.24 bits per heavy atom. The highest BCUT2D eigenvalue weighted by atomic mass is 16.5. The van der Waals surface area contributed by atoms with Crippen molar-refractivity contribution in [2.45, 2.75) is 19.3 Å². The Morgan fingerprint density at radius 3 is 2.94 bits per heavy atom. The lowest BCUT2D eigenvalue weighted by Gasteiger charge is -2.15. The van der Waals surface area contributed by atoms with Crippen LogP contribution in [0.2, 0.25) is 0 Å². The van der Waals surface area contributed by atoms with E-state index in [2.05, 4.69) is 4.98 Å². The van der Waals surface area contributed by atoms with Crippen molar-refractivity contribution < 1.29 is 9.47 Å². The van der Waals surface area contributed by atoms with Gasteiger partial charge in [-0.15, -0.1) is 0 Å². The van der Waals surface area contributed by atoms with Crippen molar-refractivity contribution in [1.82, 2.24) is 9.55 Å². The number of nitrogens with zero attached hydrogens (tertiary/aromatic N) is 1. The predicted molar refractivity (Wildman–Crippen MR) is 61.0 cm³/mol. The Labute approximate surface area is 97.5 Å². The van der Waals surface area contributed by atoms with Gasteiger partial charge in [-0.3, -0.25) is 14.3 Å². The van der Waals surface area contributed by atoms with Gasteiger partial charge in [0.15, 0.2) is 6.23 Å². The summed E-state index contributed by atoms with van der Waals surface area (Å²) < 4.78 is 11.9. The van der Waals surface area contributed by atoms with E-state index in [-0.39, 0.29) is 11.7 Å². The minimum Gasteiger partial charge on any atom is -0.382 e. The van der Waals surface area contributed by atoms with Crippen molar-refractivity contribution >= 4 is 0 Å². The molecule has 1 aliphatic heterocycles. The Morgan fingerprint density at radius 1 is 1.47 bits per heavy atom. The van der Waals surface area contributed by atoms with Crippen LogP contribution in [0.3, 0.4) is 0 Å². The molecule has 17 heavy (non-hydrogen) atoms. The van der Waals surface area contributed by atoms with Gasteiger partial charge < -0.3 is 9.47 Å². The molecule has 0 fully saturated rings. The van der Waals surface area contributed by atoms with E-state index in [1.807, 2.05) is 6.08 Å². The van der Waals surface area contributed by atoms with Crippen LogP contribution in [0.15, 0.2) is 27.9 Å². The Hall–Kier alpha value is -1.66. The molecule has 0 spiro atoms. The maximum atomic E-state index is 11.6. The first kappa shape index (κ1) is 11.8. The SMILES string of the molecule is COCC1C=CC(n2cc(C)c(=O)[nH]c2=O)O1. The van der Waals surface area contributed by atoms with Gasteiger partial charge in [0.25, 0.3) is 5.56 Å². The van der Waals surface area contributed by atoms with E-state index >= 15 is 0 Å². The summed E-state index contributed by atoms with van der Waals surface area (Å²) in [6, 6.07) is 0. The summed E-state index contributed by atoms with van der Waals surface area (Å²) in [6.07, 6.45) is 4.44. The molecule has 0 bridgehead atoms. The van der Waals surface area contributed by atoms with Crippen LogP contribution in [0, 0.1) is 6.92 Å². The minimum absolute atomic E-state index is 0.163. The Kier molecular flexibility index (Phi) is 3.26. The lowest BCUT2D eigenvalue weighted by molar-refractivity contribution is -0.0202. The molecule has 6 nitrogen and oxygen atoms in total. The van der Waals surface area contributed by atoms with Gasteiger partial charge in [0, 0.05) is 18.9 Å². The minimum atomic E-state index is -0.488. The number of nitrogens with one attached hydrogen (secondary N) is 1. The van der Waals surface area contributed by atoms with Gasteiger partial charge in [-0.2, -0.15) is 0 Å². The van der Waals surface area contributed by atoms with Crippen molar-refractivity contribution in [1.29, 1.82) is 0 Å². The fourth-order valence-electron chi connectivity index (χ4n) is 1.68. The van der Waals surface area contributed by atoms with Crippen LogP contribution < -0.4 is 11.2 Å². The number of aryl methyl sites for hydroxylation is 1. The van der Waals surface area contributed by atoms with E-state index in [9.17, 15) is 9.59 Å². The van der Waals surface area contributed by atoms with Crippen LogP contribution in [-0.2, 0) is 9.47 Å². The molecule has 0 aliphatic carbocycles. The standard InChI is InChI=1S/C11H14N2O4/c1-7-5-13(11(15)12-10(7)14)9-4-3-8(17-9)6-16-2/h3-5,8-9H,6H2,1-2H3,(H,12,14,15). The van der Waals surface area contributed by atoms with Gasteiger partial charge in [0.05, 0.1) is 6.61 Å². The second kappa shape index (κ2) is 4.68. The maximum absolute atomic E-state index is 11.6. The van der Waals surface area contributed by atoms with Crippen molar-refractivity contribution in [2.24, 2.45) is 0 Å². The van der Waals surface area contributed by atoms with Crippen molar-refractivity contribution in [3.63, 3.8) is 0 Å². The number of hydrogen-bond acceptors (Lipinski definition) is 4. The molecule has 0 aromatic carbocycles. The molecule has 2 heterocycles. The highest BCUT2D eigenvalue weighted by Gasteiger charge is 2.21. The highest BCUT2D eigenvalue weighted by Crippen LogP contribution is 2.19. The Bertz CT molecular complexity index is 543. The van der Waals surface area contributed by atoms with Crippen molar-refractivity contribution in [2.75, 3.05) is 13.7 Å². The Balaban J connectivity index is 2.26. The smallest absolute Gasteiger partial charge is 0.330 e. The number of aromatic amines is 1. The third-order valence-electron chi connectivity index (χ3n) is 2.56. The van der Waals surface area contributed by atoms with Gasteiger partial charge in [0.2, 0.25) is 0 Å². The monoisotopic (exact) mass is 238 g/mol. The van der Waals surface area contributed by atoms with Gasteiger partial charge in [0.1, 0.15) is 6.10 Å². The summed E-state index contributed by atoms with van der Waals surface area (Å²) in [5.74, 6) is 0. The average molecular weight is 238 g/mol. The zero-order valence-electron chi connectivity index (χ0n) is 9.67. The van der Waals surface area contributed by atoms with E-state index < -0.39 is 11.9 Å². The van der Waals surface area contributed by atoms with Crippen LogP contribution in [-0.4, -0.2) is 29.4 Å². The molecule has 6 heteroatoms. The molecule has 1 aromatic heterocycles. The molecule has 0 saturated carbocycles. The van der Waals surface area contributed by atoms with Gasteiger partial charge >= 0.3 is 5.69 Å². The number of methoxy groups -OCH3 is 1. The second-order valence-electron chi connectivity index (χ2n) is 3.88. The lowest BCUT2D eigenvalue weighted by Crippen LogP contribution is -2.33. The van der Waals surface area contributed by atoms with E-state index in [1.165, 1.54) is 10.8 Å². The van der Waals surface area contributed by atoms with Gasteiger partial charge in [-0.05, 0) is 13.0 Å². The first-order valence-electron chi connectivity index (χ1n) is 5.26. The van der Waals surface area contributed by atoms with E-state index in [0.29, 0.717) is 12.2 Å². The van der Waals surface area contributed by atoms with Crippen LogP contribution in [0.25, 0.3) is 0 Å². The molecule has 0 radical (unpaired) electrons. The first-order chi connectivity index (χ1) is 8.11. The number of H-pyrrole nitrogens is 1. The second-order valence-corrected chi connectivity index (χ2v) is 3.88. The molecule has 92 valence electrons. The fourth-order valence-corrected chi connectivity index (χ4v) is 1.68. The topological polar surface area (TPSA) is 73.3 Å². The summed E-state index contributed by atoms with van der Waals surface area (Å²) in [5, 5.41) is 0. The fraction of sp³-hybridized carbons (Fsp3) is 0.455.